The van der Waals surface area contributed by atoms with Crippen molar-refractivity contribution in [2.75, 3.05) is 19.8 Å². The fourth-order valence-electron chi connectivity index (χ4n) is 3.43. The average molecular weight is 462 g/mol. The van der Waals surface area contributed by atoms with Crippen LogP contribution in [-0.2, 0) is 23.9 Å². The van der Waals surface area contributed by atoms with E-state index in [1.165, 1.54) is 23.5 Å². The summed E-state index contributed by atoms with van der Waals surface area (Å²) in [4.78, 5) is 19.1. The van der Waals surface area contributed by atoms with Crippen LogP contribution in [-0.4, -0.2) is 35.5 Å². The lowest BCUT2D eigenvalue weighted by molar-refractivity contribution is -0.137. The zero-order valence-electron chi connectivity index (χ0n) is 17.3. The summed E-state index contributed by atoms with van der Waals surface area (Å²) in [5.41, 5.74) is 1.34. The first-order valence-electron chi connectivity index (χ1n) is 10.1. The maximum absolute atomic E-state index is 12.9. The van der Waals surface area contributed by atoms with Gasteiger partial charge in [0.15, 0.2) is 11.5 Å². The summed E-state index contributed by atoms with van der Waals surface area (Å²) in [5.74, 6) is 1.26. The summed E-state index contributed by atoms with van der Waals surface area (Å²) in [6, 6.07) is 10.5. The zero-order chi connectivity index (χ0) is 22.7. The first kappa shape index (κ1) is 22.1. The molecule has 0 bridgehead atoms. The number of para-hydroxylation sites is 1. The quantitative estimate of drug-likeness (QED) is 0.506. The maximum atomic E-state index is 12.9. The molecule has 1 amide bonds. The van der Waals surface area contributed by atoms with Gasteiger partial charge < -0.3 is 14.4 Å². The molecule has 0 radical (unpaired) electrons. The topological polar surface area (TPSA) is 51.7 Å². The van der Waals surface area contributed by atoms with Crippen molar-refractivity contribution in [1.82, 2.24) is 9.88 Å². The number of nitrogens with zero attached hydrogens (tertiary/aromatic N) is 2. The van der Waals surface area contributed by atoms with Crippen LogP contribution in [0.2, 0.25) is 0 Å². The number of benzene rings is 2. The Morgan fingerprint density at radius 2 is 1.88 bits per heavy atom. The molecule has 0 atom stereocenters. The number of likely N-dealkylation sites (N-methyl/N-ethyl adjacent to an activating group) is 1. The molecule has 1 aromatic heterocycles. The number of aromatic nitrogens is 1. The number of carbonyl (C=O) groups excluding carboxylic acids is 1. The molecule has 32 heavy (non-hydrogen) atoms. The fourth-order valence-corrected chi connectivity index (χ4v) is 4.26. The molecule has 0 saturated carbocycles. The molecule has 0 unspecified atom stereocenters. The Morgan fingerprint density at radius 1 is 1.12 bits per heavy atom. The molecule has 3 aromatic rings. The van der Waals surface area contributed by atoms with Crippen LogP contribution in [0, 0.1) is 0 Å². The molecule has 0 saturated heterocycles. The van der Waals surface area contributed by atoms with Crippen LogP contribution >= 0.6 is 11.3 Å². The molecule has 2 aromatic carbocycles. The minimum atomic E-state index is -4.38. The molecular formula is C23H21F3N2O3S. The summed E-state index contributed by atoms with van der Waals surface area (Å²) < 4.78 is 49.6. The van der Waals surface area contributed by atoms with Gasteiger partial charge in [-0.25, -0.2) is 4.98 Å². The van der Waals surface area contributed by atoms with E-state index in [0.29, 0.717) is 54.1 Å². The predicted octanol–water partition coefficient (Wildman–Crippen LogP) is 5.19. The van der Waals surface area contributed by atoms with Crippen molar-refractivity contribution in [3.8, 4) is 22.1 Å². The minimum Gasteiger partial charge on any atom is -0.486 e. The summed E-state index contributed by atoms with van der Waals surface area (Å²) in [7, 11) is 0. The Bertz CT molecular complexity index is 1100. The van der Waals surface area contributed by atoms with Crippen LogP contribution in [0.25, 0.3) is 10.6 Å². The first-order valence-corrected chi connectivity index (χ1v) is 11.0. The van der Waals surface area contributed by atoms with Crippen LogP contribution in [0.5, 0.6) is 11.5 Å². The number of alkyl halides is 3. The van der Waals surface area contributed by atoms with Gasteiger partial charge in [0, 0.05) is 29.6 Å². The number of hydrogen-bond donors (Lipinski definition) is 0. The van der Waals surface area contributed by atoms with Gasteiger partial charge in [-0.1, -0.05) is 24.3 Å². The molecule has 9 heteroatoms. The number of halogens is 3. The second kappa shape index (κ2) is 9.20. The van der Waals surface area contributed by atoms with Crippen LogP contribution in [0.1, 0.15) is 23.7 Å². The SMILES string of the molecule is CCN(Cc1cccc2c1OCCO2)C(=O)Cc1csc(-c2ccc(C(F)(F)F)cc2)n1. The van der Waals surface area contributed by atoms with Gasteiger partial charge in [0.2, 0.25) is 5.91 Å². The van der Waals surface area contributed by atoms with Gasteiger partial charge in [0.25, 0.3) is 0 Å². The lowest BCUT2D eigenvalue weighted by Crippen LogP contribution is -2.32. The van der Waals surface area contributed by atoms with Crippen LogP contribution in [0.4, 0.5) is 13.2 Å². The van der Waals surface area contributed by atoms with Crippen molar-refractivity contribution >= 4 is 17.2 Å². The molecule has 0 fully saturated rings. The standard InChI is InChI=1S/C23H21F3N2O3S/c1-2-28(13-16-4-3-5-19-21(16)31-11-10-30-19)20(29)12-18-14-32-22(27-18)15-6-8-17(9-7-15)23(24,25)26/h3-9,14H,2,10-13H2,1H3. The second-order valence-corrected chi connectivity index (χ2v) is 8.10. The Hall–Kier alpha value is -3.07. The third-order valence-corrected chi connectivity index (χ3v) is 6.03. The van der Waals surface area contributed by atoms with Crippen LogP contribution in [0.3, 0.4) is 0 Å². The molecule has 1 aliphatic heterocycles. The van der Waals surface area contributed by atoms with E-state index in [1.54, 1.807) is 10.3 Å². The minimum absolute atomic E-state index is 0.0916. The first-order chi connectivity index (χ1) is 15.3. The third kappa shape index (κ3) is 4.88. The Balaban J connectivity index is 1.44. The molecule has 168 valence electrons. The van der Waals surface area contributed by atoms with E-state index in [9.17, 15) is 18.0 Å². The summed E-state index contributed by atoms with van der Waals surface area (Å²) in [5, 5.41) is 2.34. The van der Waals surface area contributed by atoms with E-state index in [2.05, 4.69) is 4.98 Å². The third-order valence-electron chi connectivity index (χ3n) is 5.09. The fraction of sp³-hybridized carbons (Fsp3) is 0.304. The highest BCUT2D eigenvalue weighted by Gasteiger charge is 2.30. The Labute approximate surface area is 187 Å². The molecule has 1 aliphatic rings. The van der Waals surface area contributed by atoms with Crippen LogP contribution < -0.4 is 9.47 Å². The molecule has 5 nitrogen and oxygen atoms in total. The van der Waals surface area contributed by atoms with E-state index in [0.717, 1.165) is 17.7 Å². The van der Waals surface area contributed by atoms with Crippen molar-refractivity contribution in [3.05, 3.63) is 64.7 Å². The molecule has 0 spiro atoms. The van der Waals surface area contributed by atoms with E-state index in [1.807, 2.05) is 25.1 Å². The van der Waals surface area contributed by atoms with Crippen molar-refractivity contribution in [1.29, 1.82) is 0 Å². The molecule has 0 aliphatic carbocycles. The van der Waals surface area contributed by atoms with E-state index >= 15 is 0 Å². The van der Waals surface area contributed by atoms with Crippen molar-refractivity contribution in [3.63, 3.8) is 0 Å². The normalized spacial score (nSPS) is 13.1. The highest BCUT2D eigenvalue weighted by molar-refractivity contribution is 7.13. The van der Waals surface area contributed by atoms with Gasteiger partial charge in [-0.2, -0.15) is 13.2 Å². The summed E-state index contributed by atoms with van der Waals surface area (Å²) in [6.07, 6.45) is -4.27. The largest absolute Gasteiger partial charge is 0.486 e. The number of ether oxygens (including phenoxy) is 2. The monoisotopic (exact) mass is 462 g/mol. The number of hydrogen-bond acceptors (Lipinski definition) is 5. The maximum Gasteiger partial charge on any atom is 0.416 e. The molecule has 2 heterocycles. The Morgan fingerprint density at radius 3 is 2.59 bits per heavy atom. The van der Waals surface area contributed by atoms with Crippen molar-refractivity contribution < 1.29 is 27.4 Å². The lowest BCUT2D eigenvalue weighted by atomic mass is 10.1. The van der Waals surface area contributed by atoms with Gasteiger partial charge in [-0.3, -0.25) is 4.79 Å². The number of thiazole rings is 1. The van der Waals surface area contributed by atoms with Crippen LogP contribution in [0.15, 0.2) is 47.8 Å². The molecular weight excluding hydrogens is 441 g/mol. The highest BCUT2D eigenvalue weighted by Crippen LogP contribution is 2.35. The van der Waals surface area contributed by atoms with Gasteiger partial charge in [-0.15, -0.1) is 11.3 Å². The second-order valence-electron chi connectivity index (χ2n) is 7.25. The average Bonchev–Trinajstić information content (AvgIpc) is 3.25. The lowest BCUT2D eigenvalue weighted by Gasteiger charge is -2.25. The summed E-state index contributed by atoms with van der Waals surface area (Å²) >= 11 is 1.30. The molecule has 4 rings (SSSR count). The van der Waals surface area contributed by atoms with Crippen molar-refractivity contribution in [2.45, 2.75) is 26.1 Å². The number of fused-ring (bicyclic) bond motifs is 1. The van der Waals surface area contributed by atoms with Gasteiger partial charge in [0.1, 0.15) is 18.2 Å². The highest BCUT2D eigenvalue weighted by atomic mass is 32.1. The van der Waals surface area contributed by atoms with Gasteiger partial charge >= 0.3 is 6.18 Å². The van der Waals surface area contributed by atoms with E-state index < -0.39 is 11.7 Å². The zero-order valence-corrected chi connectivity index (χ0v) is 18.1. The molecule has 0 N–H and O–H groups in total. The Kier molecular flexibility index (Phi) is 6.36. The van der Waals surface area contributed by atoms with Gasteiger partial charge in [0.05, 0.1) is 17.7 Å². The number of rotatable bonds is 6. The van der Waals surface area contributed by atoms with Crippen molar-refractivity contribution in [2.24, 2.45) is 0 Å². The smallest absolute Gasteiger partial charge is 0.416 e. The predicted molar refractivity (Wildman–Crippen MR) is 115 cm³/mol. The number of carbonyl (C=O) groups is 1. The van der Waals surface area contributed by atoms with Gasteiger partial charge in [-0.05, 0) is 25.1 Å². The van der Waals surface area contributed by atoms with E-state index in [-0.39, 0.29) is 12.3 Å². The summed E-state index contributed by atoms with van der Waals surface area (Å²) in [6.45, 7) is 3.77. The number of amides is 1. The van der Waals surface area contributed by atoms with E-state index in [4.69, 9.17) is 9.47 Å².